The summed E-state index contributed by atoms with van der Waals surface area (Å²) in [6.45, 7) is 5.95. The Bertz CT molecular complexity index is 1470. The molecule has 11 heteroatoms. The summed E-state index contributed by atoms with van der Waals surface area (Å²) in [5.41, 5.74) is 1.23. The normalized spacial score (nSPS) is 12.0. The van der Waals surface area contributed by atoms with E-state index in [1.165, 1.54) is 49.5 Å². The highest BCUT2D eigenvalue weighted by Crippen LogP contribution is 2.32. The highest BCUT2D eigenvalue weighted by atomic mass is 35.5. The maximum absolute atomic E-state index is 14.1. The van der Waals surface area contributed by atoms with E-state index in [-0.39, 0.29) is 34.7 Å². The lowest BCUT2D eigenvalue weighted by Crippen LogP contribution is -2.53. The van der Waals surface area contributed by atoms with Gasteiger partial charge in [-0.2, -0.15) is 0 Å². The third-order valence-corrected chi connectivity index (χ3v) is 8.91. The topological polar surface area (TPSA) is 105 Å². The molecule has 1 atom stereocenters. The van der Waals surface area contributed by atoms with Crippen LogP contribution in [0.3, 0.4) is 0 Å². The first-order valence-corrected chi connectivity index (χ1v) is 15.9. The maximum atomic E-state index is 14.1. The van der Waals surface area contributed by atoms with Gasteiger partial charge in [-0.25, -0.2) is 8.42 Å². The number of halogens is 1. The monoisotopic (exact) mass is 629 g/mol. The van der Waals surface area contributed by atoms with Crippen LogP contribution in [0.25, 0.3) is 0 Å². The molecule has 0 unspecified atom stereocenters. The third-order valence-electron chi connectivity index (χ3n) is 6.89. The van der Waals surface area contributed by atoms with Crippen LogP contribution in [0.15, 0.2) is 77.7 Å². The lowest BCUT2D eigenvalue weighted by Gasteiger charge is -2.33. The van der Waals surface area contributed by atoms with E-state index in [1.54, 1.807) is 12.1 Å². The molecule has 9 nitrogen and oxygen atoms in total. The first kappa shape index (κ1) is 33.7. The molecule has 0 heterocycles. The van der Waals surface area contributed by atoms with E-state index < -0.39 is 28.5 Å². The minimum atomic E-state index is -4.29. The van der Waals surface area contributed by atoms with Crippen molar-refractivity contribution < 1.29 is 27.5 Å². The average Bonchev–Trinajstić information content (AvgIpc) is 3.01. The summed E-state index contributed by atoms with van der Waals surface area (Å²) in [5, 5.41) is 3.35. The van der Waals surface area contributed by atoms with E-state index >= 15 is 0 Å². The molecule has 3 aromatic rings. The third kappa shape index (κ3) is 8.87. The van der Waals surface area contributed by atoms with Crippen LogP contribution >= 0.6 is 11.6 Å². The molecule has 1 N–H and O–H groups in total. The predicted octanol–water partition coefficient (Wildman–Crippen LogP) is 5.17. The van der Waals surface area contributed by atoms with E-state index in [0.717, 1.165) is 9.87 Å². The van der Waals surface area contributed by atoms with Crippen LogP contribution in [0, 0.1) is 5.92 Å². The van der Waals surface area contributed by atoms with E-state index in [2.05, 4.69) is 5.32 Å². The zero-order valence-corrected chi connectivity index (χ0v) is 26.8. The van der Waals surface area contributed by atoms with E-state index in [9.17, 15) is 18.0 Å². The molecular formula is C32H40ClN3O6S. The molecule has 0 spiro atoms. The van der Waals surface area contributed by atoms with Gasteiger partial charge in [0.2, 0.25) is 11.8 Å². The fourth-order valence-corrected chi connectivity index (χ4v) is 6.11. The van der Waals surface area contributed by atoms with E-state index in [4.69, 9.17) is 21.1 Å². The van der Waals surface area contributed by atoms with Crippen molar-refractivity contribution in [3.05, 3.63) is 83.4 Å². The Morgan fingerprint density at radius 2 is 1.58 bits per heavy atom. The minimum Gasteiger partial charge on any atom is -0.493 e. The van der Waals surface area contributed by atoms with Crippen molar-refractivity contribution in [2.75, 3.05) is 38.2 Å². The maximum Gasteiger partial charge on any atom is 0.264 e. The van der Waals surface area contributed by atoms with Gasteiger partial charge >= 0.3 is 0 Å². The molecule has 3 aromatic carbocycles. The highest BCUT2D eigenvalue weighted by Gasteiger charge is 2.34. The number of sulfonamides is 1. The van der Waals surface area contributed by atoms with Crippen molar-refractivity contribution in [1.82, 2.24) is 10.2 Å². The summed E-state index contributed by atoms with van der Waals surface area (Å²) in [4.78, 5) is 28.8. The van der Waals surface area contributed by atoms with Crippen molar-refractivity contribution in [2.45, 2.75) is 44.6 Å². The van der Waals surface area contributed by atoms with Crippen molar-refractivity contribution in [2.24, 2.45) is 5.92 Å². The number of benzene rings is 3. The van der Waals surface area contributed by atoms with Crippen molar-refractivity contribution >= 4 is 39.1 Å². The van der Waals surface area contributed by atoms with Gasteiger partial charge in [0.15, 0.2) is 11.5 Å². The van der Waals surface area contributed by atoms with Gasteiger partial charge in [0, 0.05) is 24.2 Å². The van der Waals surface area contributed by atoms with Gasteiger partial charge in [-0.1, -0.05) is 62.7 Å². The van der Waals surface area contributed by atoms with Gasteiger partial charge in [0.05, 0.1) is 24.8 Å². The fourth-order valence-electron chi connectivity index (χ4n) is 4.56. The number of hydrogen-bond acceptors (Lipinski definition) is 6. The lowest BCUT2D eigenvalue weighted by atomic mass is 10.1. The zero-order valence-electron chi connectivity index (χ0n) is 25.2. The number of methoxy groups -OCH3 is 2. The Hall–Kier alpha value is -3.76. The first-order valence-electron chi connectivity index (χ1n) is 14.1. The Morgan fingerprint density at radius 1 is 0.930 bits per heavy atom. The Morgan fingerprint density at radius 3 is 2.16 bits per heavy atom. The van der Waals surface area contributed by atoms with Crippen LogP contribution in [0.2, 0.25) is 5.02 Å². The van der Waals surface area contributed by atoms with Gasteiger partial charge in [-0.3, -0.25) is 13.9 Å². The predicted molar refractivity (Wildman–Crippen MR) is 169 cm³/mol. The number of amides is 2. The average molecular weight is 630 g/mol. The van der Waals surface area contributed by atoms with Gasteiger partial charge in [-0.05, 0) is 60.7 Å². The summed E-state index contributed by atoms with van der Waals surface area (Å²) in [6, 6.07) is 19.3. The number of carbonyl (C=O) groups is 2. The fraction of sp³-hybridized carbons (Fsp3) is 0.375. The Balaban J connectivity index is 2.03. The Labute approximate surface area is 259 Å². The summed E-state index contributed by atoms with van der Waals surface area (Å²) in [6.07, 6.45) is 0.845. The molecule has 0 aromatic heterocycles. The number of nitrogens with zero attached hydrogens (tertiary/aromatic N) is 2. The Kier molecular flexibility index (Phi) is 12.3. The summed E-state index contributed by atoms with van der Waals surface area (Å²) < 4.78 is 39.9. The summed E-state index contributed by atoms with van der Waals surface area (Å²) in [7, 11) is -1.42. The van der Waals surface area contributed by atoms with Crippen LogP contribution < -0.4 is 19.1 Å². The SMILES string of the molecule is CC[C@@H](C(=O)NCC(C)C)N(CCc1ccccc1)C(=O)CN(c1ccc(Cl)cc1)S(=O)(=O)c1ccc(OC)c(OC)c1. The number of anilines is 1. The largest absolute Gasteiger partial charge is 0.493 e. The zero-order chi connectivity index (χ0) is 31.6. The van der Waals surface area contributed by atoms with Crippen molar-refractivity contribution in [3.63, 3.8) is 0 Å². The molecule has 3 rings (SSSR count). The van der Waals surface area contributed by atoms with Crippen LogP contribution in [0.1, 0.15) is 32.8 Å². The molecule has 0 saturated heterocycles. The van der Waals surface area contributed by atoms with E-state index in [1.807, 2.05) is 51.1 Å². The molecule has 0 aliphatic rings. The smallest absolute Gasteiger partial charge is 0.264 e. The second kappa shape index (κ2) is 15.6. The molecule has 2 amide bonds. The molecule has 0 aliphatic carbocycles. The van der Waals surface area contributed by atoms with Gasteiger partial charge in [0.25, 0.3) is 10.0 Å². The molecule has 43 heavy (non-hydrogen) atoms. The number of nitrogens with one attached hydrogen (secondary N) is 1. The number of carbonyl (C=O) groups excluding carboxylic acids is 2. The molecule has 0 aliphatic heterocycles. The second-order valence-electron chi connectivity index (χ2n) is 10.4. The molecule has 0 radical (unpaired) electrons. The molecule has 0 fully saturated rings. The number of rotatable bonds is 15. The minimum absolute atomic E-state index is 0.0922. The van der Waals surface area contributed by atoms with Crippen molar-refractivity contribution in [3.8, 4) is 11.5 Å². The molecule has 0 bridgehead atoms. The van der Waals surface area contributed by atoms with Crippen LogP contribution in [-0.4, -0.2) is 65.0 Å². The first-order chi connectivity index (χ1) is 20.5. The summed E-state index contributed by atoms with van der Waals surface area (Å²) >= 11 is 6.11. The van der Waals surface area contributed by atoms with Crippen LogP contribution in [0.4, 0.5) is 5.69 Å². The number of ether oxygens (including phenoxy) is 2. The van der Waals surface area contributed by atoms with Crippen LogP contribution in [0.5, 0.6) is 11.5 Å². The molecule has 0 saturated carbocycles. The quantitative estimate of drug-likeness (QED) is 0.249. The second-order valence-corrected chi connectivity index (χ2v) is 12.7. The van der Waals surface area contributed by atoms with Gasteiger partial charge in [0.1, 0.15) is 12.6 Å². The van der Waals surface area contributed by atoms with Crippen molar-refractivity contribution in [1.29, 1.82) is 0 Å². The summed E-state index contributed by atoms with van der Waals surface area (Å²) in [5.74, 6) is 0.0194. The molecule has 232 valence electrons. The lowest BCUT2D eigenvalue weighted by molar-refractivity contribution is -0.139. The van der Waals surface area contributed by atoms with Gasteiger partial charge in [-0.15, -0.1) is 0 Å². The standard InChI is InChI=1S/C32H40ClN3O6S/c1-6-28(32(38)34-21-23(2)3)35(19-18-24-10-8-7-9-11-24)31(37)22-36(26-14-12-25(33)13-15-26)43(39,40)27-16-17-29(41-4)30(20-27)42-5/h7-17,20,23,28H,6,18-19,21-22H2,1-5H3,(H,34,38)/t28-/m0/s1. The molecular weight excluding hydrogens is 590 g/mol. The highest BCUT2D eigenvalue weighted by molar-refractivity contribution is 7.92. The van der Waals surface area contributed by atoms with Gasteiger partial charge < -0.3 is 19.7 Å². The van der Waals surface area contributed by atoms with Crippen LogP contribution in [-0.2, 0) is 26.0 Å². The van der Waals surface area contributed by atoms with E-state index in [0.29, 0.717) is 30.2 Å². The number of hydrogen-bond donors (Lipinski definition) is 1.